The number of aliphatic hydroxyl groups excluding tert-OH is 1. The molecule has 1 spiro atoms. The fraction of sp³-hybridized carbons (Fsp3) is 0.844. The number of thioether (sulfide) groups is 1. The molecule has 13 nitrogen and oxygen atoms in total. The lowest BCUT2D eigenvalue weighted by atomic mass is 9.68. The van der Waals surface area contributed by atoms with Crippen molar-refractivity contribution in [2.75, 3.05) is 78.3 Å². The maximum atomic E-state index is 9.93. The van der Waals surface area contributed by atoms with E-state index in [2.05, 4.69) is 20.8 Å². The zero-order valence-corrected chi connectivity index (χ0v) is 28.9. The number of halogens is 1. The zero-order valence-electron chi connectivity index (χ0n) is 27.3. The number of hydrogen-bond donors (Lipinski definition) is 1. The summed E-state index contributed by atoms with van der Waals surface area (Å²) in [5.74, 6) is 3.44. The van der Waals surface area contributed by atoms with Crippen LogP contribution in [0.2, 0.25) is 0 Å². The fourth-order valence-corrected chi connectivity index (χ4v) is 8.60. The van der Waals surface area contributed by atoms with Crippen molar-refractivity contribution in [3.63, 3.8) is 0 Å². The van der Waals surface area contributed by atoms with E-state index in [0.29, 0.717) is 56.9 Å². The lowest BCUT2D eigenvalue weighted by Crippen LogP contribution is -2.62. The van der Waals surface area contributed by atoms with Crippen molar-refractivity contribution in [1.82, 2.24) is 9.91 Å². The predicted octanol–water partition coefficient (Wildman–Crippen LogP) is 2.15. The first-order valence-electron chi connectivity index (χ1n) is 16.7. The second-order valence-electron chi connectivity index (χ2n) is 13.3. The number of terminal acetylenes is 1. The SMILES string of the molecule is C#CCOCCOCCOCCOCCSC1CCC2(CC1)CN(C1=NC(Cl)=NC3C1C=NN3[C@@H]1O[C@H](CO)[C@H]3OC(C)(C)O[C@H]31)C2. The fourth-order valence-electron chi connectivity index (χ4n) is 7.30. The van der Waals surface area contributed by atoms with Gasteiger partial charge in [-0.3, -0.25) is 0 Å². The summed E-state index contributed by atoms with van der Waals surface area (Å²) in [5.41, 5.74) is 0.328. The third-order valence-corrected chi connectivity index (χ3v) is 11.0. The molecule has 6 rings (SSSR count). The number of hydrogen-bond acceptors (Lipinski definition) is 14. The standard InChI is InChI=1S/C32H48ClN5O8S/c1-4-9-40-10-11-41-12-13-42-14-15-43-16-17-47-22-5-7-32(8-6-22)20-37(21-32)27-23-18-34-38(28(23)36-30(33)35-27)29-26-25(24(19-39)44-29)45-31(2,3)46-26/h1,18,22-26,28-29,39H,5-17,19-21H2,2-3H3/t23?,24-,25-,26-,28?,29-/m1/s1. The molecule has 4 fully saturated rings. The van der Waals surface area contributed by atoms with E-state index in [0.717, 1.165) is 31.3 Å². The van der Waals surface area contributed by atoms with Gasteiger partial charge in [-0.25, -0.2) is 15.0 Å². The maximum absolute atomic E-state index is 9.93. The summed E-state index contributed by atoms with van der Waals surface area (Å²) in [4.78, 5) is 11.7. The van der Waals surface area contributed by atoms with E-state index in [1.165, 1.54) is 25.7 Å². The average Bonchev–Trinajstić information content (AvgIpc) is 3.70. The first-order valence-corrected chi connectivity index (χ1v) is 18.1. The Bertz CT molecular complexity index is 1190. The molecule has 2 unspecified atom stereocenters. The number of hydrazone groups is 1. The highest BCUT2D eigenvalue weighted by atomic mass is 35.5. The molecule has 5 aliphatic heterocycles. The van der Waals surface area contributed by atoms with Gasteiger partial charge in [-0.1, -0.05) is 5.92 Å². The molecule has 5 heterocycles. The number of rotatable bonds is 16. The molecule has 1 aliphatic carbocycles. The van der Waals surface area contributed by atoms with E-state index < -0.39 is 24.2 Å². The van der Waals surface area contributed by atoms with Crippen molar-refractivity contribution in [3.05, 3.63) is 0 Å². The largest absolute Gasteiger partial charge is 0.394 e. The van der Waals surface area contributed by atoms with Crippen LogP contribution in [-0.2, 0) is 33.2 Å². The number of nitrogens with zero attached hydrogens (tertiary/aromatic N) is 5. The summed E-state index contributed by atoms with van der Waals surface area (Å²) in [6.45, 7) is 9.83. The summed E-state index contributed by atoms with van der Waals surface area (Å²) in [5, 5.41) is 17.4. The van der Waals surface area contributed by atoms with Crippen molar-refractivity contribution in [2.24, 2.45) is 26.4 Å². The Morgan fingerprint density at radius 3 is 2.36 bits per heavy atom. The number of ether oxygens (including phenoxy) is 7. The number of fused-ring (bicyclic) bond motifs is 2. The van der Waals surface area contributed by atoms with Gasteiger partial charge in [0.15, 0.2) is 18.2 Å². The van der Waals surface area contributed by atoms with E-state index in [4.69, 9.17) is 56.3 Å². The first kappa shape index (κ1) is 35.3. The molecule has 6 aliphatic rings. The Morgan fingerprint density at radius 2 is 1.68 bits per heavy atom. The molecule has 0 amide bonds. The lowest BCUT2D eigenvalue weighted by molar-refractivity contribution is -0.212. The second-order valence-corrected chi connectivity index (χ2v) is 15.0. The third kappa shape index (κ3) is 8.45. The van der Waals surface area contributed by atoms with Crippen molar-refractivity contribution >= 4 is 40.7 Å². The summed E-state index contributed by atoms with van der Waals surface area (Å²) in [6, 6.07) is 0. The van der Waals surface area contributed by atoms with Gasteiger partial charge in [0.05, 0.1) is 58.8 Å². The molecule has 1 saturated carbocycles. The second kappa shape index (κ2) is 16.0. The number of aliphatic imine (C=N–C) groups is 2. The average molecular weight is 698 g/mol. The Hall–Kier alpha value is -1.51. The third-order valence-electron chi connectivity index (χ3n) is 9.52. The molecule has 6 atom stereocenters. The van der Waals surface area contributed by atoms with E-state index >= 15 is 0 Å². The van der Waals surface area contributed by atoms with Crippen LogP contribution in [0.4, 0.5) is 0 Å². The van der Waals surface area contributed by atoms with Crippen LogP contribution in [0.3, 0.4) is 0 Å². The van der Waals surface area contributed by atoms with Crippen LogP contribution in [0.25, 0.3) is 0 Å². The van der Waals surface area contributed by atoms with Crippen LogP contribution in [0, 0.1) is 23.7 Å². The topological polar surface area (TPSA) is 128 Å². The van der Waals surface area contributed by atoms with Crippen LogP contribution in [0.1, 0.15) is 39.5 Å². The van der Waals surface area contributed by atoms with Crippen LogP contribution in [0.15, 0.2) is 15.1 Å². The maximum Gasteiger partial charge on any atom is 0.221 e. The molecule has 15 heteroatoms. The van der Waals surface area contributed by atoms with E-state index in [1.807, 2.05) is 36.8 Å². The Morgan fingerprint density at radius 1 is 1.02 bits per heavy atom. The molecule has 3 saturated heterocycles. The van der Waals surface area contributed by atoms with Crippen LogP contribution in [0.5, 0.6) is 0 Å². The molecule has 0 radical (unpaired) electrons. The Labute approximate surface area is 286 Å². The van der Waals surface area contributed by atoms with Gasteiger partial charge in [0, 0.05) is 35.7 Å². The lowest BCUT2D eigenvalue weighted by Gasteiger charge is -2.55. The zero-order chi connectivity index (χ0) is 32.9. The number of likely N-dealkylation sites (tertiary alicyclic amines) is 1. The molecule has 0 aromatic rings. The van der Waals surface area contributed by atoms with Crippen molar-refractivity contribution < 1.29 is 38.3 Å². The van der Waals surface area contributed by atoms with E-state index in [1.54, 1.807) is 0 Å². The van der Waals surface area contributed by atoms with Crippen LogP contribution >= 0.6 is 23.4 Å². The Kier molecular flexibility index (Phi) is 12.0. The monoisotopic (exact) mass is 697 g/mol. The van der Waals surface area contributed by atoms with Gasteiger partial charge >= 0.3 is 0 Å². The first-order chi connectivity index (χ1) is 22.8. The molecular weight excluding hydrogens is 650 g/mol. The smallest absolute Gasteiger partial charge is 0.221 e. The minimum Gasteiger partial charge on any atom is -0.394 e. The van der Waals surface area contributed by atoms with Gasteiger partial charge < -0.3 is 43.2 Å². The van der Waals surface area contributed by atoms with Gasteiger partial charge in [-0.2, -0.15) is 16.9 Å². The molecule has 262 valence electrons. The van der Waals surface area contributed by atoms with E-state index in [9.17, 15) is 5.11 Å². The van der Waals surface area contributed by atoms with Crippen LogP contribution in [-0.4, -0.2) is 152 Å². The molecule has 47 heavy (non-hydrogen) atoms. The summed E-state index contributed by atoms with van der Waals surface area (Å²) < 4.78 is 40.3. The molecule has 0 aromatic heterocycles. The predicted molar refractivity (Wildman–Crippen MR) is 179 cm³/mol. The molecule has 0 bridgehead atoms. The normalized spacial score (nSPS) is 32.2. The number of amidine groups is 2. The van der Waals surface area contributed by atoms with Crippen LogP contribution < -0.4 is 0 Å². The highest BCUT2D eigenvalue weighted by molar-refractivity contribution is 7.99. The van der Waals surface area contributed by atoms with Gasteiger partial charge in [0.2, 0.25) is 5.29 Å². The van der Waals surface area contributed by atoms with Gasteiger partial charge in [-0.15, -0.1) is 6.42 Å². The number of aliphatic hydroxyl groups is 1. The minimum absolute atomic E-state index is 0.129. The molecule has 0 aromatic carbocycles. The van der Waals surface area contributed by atoms with Gasteiger partial charge in [0.25, 0.3) is 0 Å². The highest BCUT2D eigenvalue weighted by Gasteiger charge is 2.59. The Balaban J connectivity index is 0.867. The highest BCUT2D eigenvalue weighted by Crippen LogP contribution is 2.48. The van der Waals surface area contributed by atoms with E-state index in [-0.39, 0.29) is 30.1 Å². The van der Waals surface area contributed by atoms with Crippen molar-refractivity contribution in [2.45, 2.75) is 81.3 Å². The van der Waals surface area contributed by atoms with Crippen molar-refractivity contribution in [3.8, 4) is 12.3 Å². The summed E-state index contributed by atoms with van der Waals surface area (Å²) >= 11 is 8.53. The quantitative estimate of drug-likeness (QED) is 0.145. The molecule has 1 N–H and O–H groups in total. The minimum atomic E-state index is -0.767. The van der Waals surface area contributed by atoms with Crippen molar-refractivity contribution in [1.29, 1.82) is 0 Å². The summed E-state index contributed by atoms with van der Waals surface area (Å²) in [6.07, 6.45) is 9.68. The van der Waals surface area contributed by atoms with Gasteiger partial charge in [-0.05, 0) is 51.1 Å². The van der Waals surface area contributed by atoms with Gasteiger partial charge in [0.1, 0.15) is 30.8 Å². The summed E-state index contributed by atoms with van der Waals surface area (Å²) in [7, 11) is 0. The molecular formula is C32H48ClN5O8S.